The van der Waals surface area contributed by atoms with Crippen molar-refractivity contribution < 1.29 is 17.6 Å². The minimum absolute atomic E-state index is 0.0202. The summed E-state index contributed by atoms with van der Waals surface area (Å²) in [6, 6.07) is 13.6. The molecular weight excluding hydrogens is 391 g/mol. The number of nitrogens with two attached hydrogens (primary N) is 1. The van der Waals surface area contributed by atoms with Gasteiger partial charge in [0.2, 0.25) is 15.8 Å². The first-order valence-electron chi connectivity index (χ1n) is 7.93. The molecule has 140 valence electrons. The largest absolute Gasteiger partial charge is 0.342 e. The van der Waals surface area contributed by atoms with Crippen LogP contribution in [0.4, 0.5) is 4.39 Å². The fourth-order valence-electron chi connectivity index (χ4n) is 2.80. The van der Waals surface area contributed by atoms with E-state index in [4.69, 9.17) is 16.7 Å². The first-order chi connectivity index (χ1) is 12.7. The topological polar surface area (TPSA) is 82.2 Å². The van der Waals surface area contributed by atoms with E-state index in [1.165, 1.54) is 22.8 Å². The lowest BCUT2D eigenvalue weighted by atomic mass is 10.1. The molecule has 0 amide bonds. The highest BCUT2D eigenvalue weighted by molar-refractivity contribution is 7.89. The summed E-state index contributed by atoms with van der Waals surface area (Å²) >= 11 is 6.07. The minimum Gasteiger partial charge on any atom is -0.342 e. The van der Waals surface area contributed by atoms with Gasteiger partial charge in [0.05, 0.1) is 21.3 Å². The van der Waals surface area contributed by atoms with Crippen LogP contribution in [0.5, 0.6) is 0 Å². The maximum absolute atomic E-state index is 14.5. The molecule has 1 heterocycles. The van der Waals surface area contributed by atoms with Crippen LogP contribution >= 0.6 is 11.6 Å². The van der Waals surface area contributed by atoms with Gasteiger partial charge in [-0.05, 0) is 29.8 Å². The number of halogens is 2. The SMILES string of the molecule is Cn1c(C(=O)c2ccccc2Cl)cc(F)c1Cc1ccc(S(N)(=O)=O)cc1. The van der Waals surface area contributed by atoms with Gasteiger partial charge in [0.1, 0.15) is 5.82 Å². The van der Waals surface area contributed by atoms with Gasteiger partial charge in [-0.15, -0.1) is 0 Å². The van der Waals surface area contributed by atoms with Crippen molar-refractivity contribution in [3.63, 3.8) is 0 Å². The quantitative estimate of drug-likeness (QED) is 0.660. The Morgan fingerprint density at radius 2 is 1.78 bits per heavy atom. The average molecular weight is 407 g/mol. The second-order valence-electron chi connectivity index (χ2n) is 6.06. The number of rotatable bonds is 5. The highest BCUT2D eigenvalue weighted by Gasteiger charge is 2.21. The van der Waals surface area contributed by atoms with Crippen LogP contribution in [0, 0.1) is 5.82 Å². The van der Waals surface area contributed by atoms with Crippen LogP contribution in [0.1, 0.15) is 27.3 Å². The Morgan fingerprint density at radius 1 is 1.15 bits per heavy atom. The van der Waals surface area contributed by atoms with Gasteiger partial charge in [0.15, 0.2) is 0 Å². The zero-order chi connectivity index (χ0) is 19.8. The molecule has 0 saturated heterocycles. The Bertz CT molecular complexity index is 1120. The van der Waals surface area contributed by atoms with E-state index in [0.717, 1.165) is 0 Å². The number of benzene rings is 2. The van der Waals surface area contributed by atoms with Crippen LogP contribution in [0.15, 0.2) is 59.5 Å². The number of ketones is 1. The van der Waals surface area contributed by atoms with Crippen LogP contribution in [-0.2, 0) is 23.5 Å². The van der Waals surface area contributed by atoms with E-state index in [9.17, 15) is 17.6 Å². The summed E-state index contributed by atoms with van der Waals surface area (Å²) in [4.78, 5) is 12.7. The molecule has 3 rings (SSSR count). The summed E-state index contributed by atoms with van der Waals surface area (Å²) < 4.78 is 38.6. The summed E-state index contributed by atoms with van der Waals surface area (Å²) in [6.07, 6.45) is 0.184. The van der Waals surface area contributed by atoms with Gasteiger partial charge >= 0.3 is 0 Å². The molecule has 1 aromatic heterocycles. The molecule has 0 aliphatic heterocycles. The van der Waals surface area contributed by atoms with Crippen molar-refractivity contribution in [3.05, 3.63) is 88.0 Å². The van der Waals surface area contributed by atoms with Crippen molar-refractivity contribution in [2.75, 3.05) is 0 Å². The second kappa shape index (κ2) is 7.26. The molecule has 0 bridgehead atoms. The van der Waals surface area contributed by atoms with Crippen LogP contribution in [-0.4, -0.2) is 18.8 Å². The summed E-state index contributed by atoms with van der Waals surface area (Å²) in [5, 5.41) is 5.37. The summed E-state index contributed by atoms with van der Waals surface area (Å²) in [7, 11) is -2.19. The smallest absolute Gasteiger partial charge is 0.238 e. The summed E-state index contributed by atoms with van der Waals surface area (Å²) in [5.41, 5.74) is 1.45. The third kappa shape index (κ3) is 3.95. The van der Waals surface area contributed by atoms with Crippen LogP contribution in [0.2, 0.25) is 5.02 Å². The normalized spacial score (nSPS) is 11.6. The van der Waals surface area contributed by atoms with E-state index in [0.29, 0.717) is 21.8 Å². The zero-order valence-corrected chi connectivity index (χ0v) is 15.9. The second-order valence-corrected chi connectivity index (χ2v) is 8.03. The number of carbonyl (C=O) groups is 1. The number of hydrogen-bond acceptors (Lipinski definition) is 3. The molecule has 5 nitrogen and oxygen atoms in total. The van der Waals surface area contributed by atoms with Crippen LogP contribution < -0.4 is 5.14 Å². The molecule has 2 aromatic carbocycles. The molecule has 0 aliphatic carbocycles. The predicted molar refractivity (Wildman–Crippen MR) is 101 cm³/mol. The van der Waals surface area contributed by atoms with Gasteiger partial charge < -0.3 is 4.57 Å². The lowest BCUT2D eigenvalue weighted by molar-refractivity contribution is 0.103. The Balaban J connectivity index is 1.92. The van der Waals surface area contributed by atoms with E-state index < -0.39 is 15.8 Å². The molecule has 2 N–H and O–H groups in total. The third-order valence-electron chi connectivity index (χ3n) is 4.28. The molecular formula is C19H16ClFN2O3S. The minimum atomic E-state index is -3.79. The molecule has 27 heavy (non-hydrogen) atoms. The van der Waals surface area contributed by atoms with Crippen molar-refractivity contribution in [2.45, 2.75) is 11.3 Å². The van der Waals surface area contributed by atoms with Crippen LogP contribution in [0.25, 0.3) is 0 Å². The van der Waals surface area contributed by atoms with Crippen molar-refractivity contribution in [1.82, 2.24) is 4.57 Å². The lowest BCUT2D eigenvalue weighted by Crippen LogP contribution is -2.12. The first-order valence-corrected chi connectivity index (χ1v) is 9.86. The number of primary sulfonamides is 1. The van der Waals surface area contributed by atoms with Gasteiger partial charge in [0, 0.05) is 25.1 Å². The lowest BCUT2D eigenvalue weighted by Gasteiger charge is -2.09. The first kappa shape index (κ1) is 19.3. The van der Waals surface area contributed by atoms with Crippen molar-refractivity contribution in [3.8, 4) is 0 Å². The molecule has 0 fully saturated rings. The predicted octanol–water partition coefficient (Wildman–Crippen LogP) is 3.29. The van der Waals surface area contributed by atoms with E-state index in [1.807, 2.05) is 0 Å². The van der Waals surface area contributed by atoms with E-state index in [2.05, 4.69) is 0 Å². The molecule has 0 saturated carbocycles. The average Bonchev–Trinajstić information content (AvgIpc) is 2.89. The maximum atomic E-state index is 14.5. The fraction of sp³-hybridized carbons (Fsp3) is 0.105. The Labute approximate surface area is 161 Å². The van der Waals surface area contributed by atoms with Gasteiger partial charge in [-0.2, -0.15) is 0 Å². The zero-order valence-electron chi connectivity index (χ0n) is 14.3. The molecule has 0 unspecified atom stereocenters. The Morgan fingerprint density at radius 3 is 2.37 bits per heavy atom. The van der Waals surface area contributed by atoms with Crippen molar-refractivity contribution >= 4 is 27.4 Å². The molecule has 3 aromatic rings. The number of carbonyl (C=O) groups excluding carboxylic acids is 1. The molecule has 0 aliphatic rings. The Kier molecular flexibility index (Phi) is 5.19. The van der Waals surface area contributed by atoms with Gasteiger partial charge in [-0.1, -0.05) is 35.9 Å². The van der Waals surface area contributed by atoms with E-state index in [1.54, 1.807) is 43.4 Å². The molecule has 0 atom stereocenters. The number of aromatic nitrogens is 1. The fourth-order valence-corrected chi connectivity index (χ4v) is 3.54. The van der Waals surface area contributed by atoms with Crippen molar-refractivity contribution in [2.24, 2.45) is 12.2 Å². The highest BCUT2D eigenvalue weighted by atomic mass is 35.5. The monoisotopic (exact) mass is 406 g/mol. The Hall–Kier alpha value is -2.48. The number of nitrogens with zero attached hydrogens (tertiary/aromatic N) is 1. The van der Waals surface area contributed by atoms with Crippen LogP contribution in [0.3, 0.4) is 0 Å². The van der Waals surface area contributed by atoms with Gasteiger partial charge in [0.25, 0.3) is 0 Å². The van der Waals surface area contributed by atoms with Crippen molar-refractivity contribution in [1.29, 1.82) is 0 Å². The van der Waals surface area contributed by atoms with E-state index >= 15 is 0 Å². The van der Waals surface area contributed by atoms with Gasteiger partial charge in [-0.25, -0.2) is 17.9 Å². The summed E-state index contributed by atoms with van der Waals surface area (Å²) in [5.74, 6) is -0.902. The molecule has 0 spiro atoms. The third-order valence-corrected chi connectivity index (χ3v) is 5.54. The standard InChI is InChI=1S/C19H16ClFN2O3S/c1-23-17(10-12-6-8-13(9-7-12)27(22,25)26)16(21)11-18(23)19(24)14-4-2-3-5-15(14)20/h2-9,11H,10H2,1H3,(H2,22,25,26). The maximum Gasteiger partial charge on any atom is 0.238 e. The number of sulfonamides is 1. The number of hydrogen-bond donors (Lipinski definition) is 1. The highest BCUT2D eigenvalue weighted by Crippen LogP contribution is 2.23. The van der Waals surface area contributed by atoms with E-state index in [-0.39, 0.29) is 22.8 Å². The molecule has 0 radical (unpaired) electrons. The summed E-state index contributed by atoms with van der Waals surface area (Å²) in [6.45, 7) is 0. The molecule has 8 heteroatoms. The van der Waals surface area contributed by atoms with Gasteiger partial charge in [-0.3, -0.25) is 4.79 Å².